The van der Waals surface area contributed by atoms with E-state index < -0.39 is 35.9 Å². The van der Waals surface area contributed by atoms with Crippen molar-refractivity contribution < 1.29 is 18.7 Å². The van der Waals surface area contributed by atoms with Crippen LogP contribution in [0.1, 0.15) is 31.2 Å². The number of benzene rings is 1. The van der Waals surface area contributed by atoms with E-state index in [1.165, 1.54) is 0 Å². The molecule has 5 N–H and O–H groups in total. The lowest BCUT2D eigenvalue weighted by atomic mass is 9.79. The average molecular weight is 365 g/mol. The lowest BCUT2D eigenvalue weighted by Crippen LogP contribution is -2.57. The van der Waals surface area contributed by atoms with Gasteiger partial charge in [-0.15, -0.1) is 0 Å². The molecule has 7 heteroatoms. The molecule has 3 aliphatic rings. The van der Waals surface area contributed by atoms with Gasteiger partial charge in [0, 0.05) is 30.7 Å². The molecule has 1 amide bonds. The van der Waals surface area contributed by atoms with E-state index in [0.29, 0.717) is 11.5 Å². The Morgan fingerprint density at radius 3 is 2.62 bits per heavy atom. The molecule has 0 radical (unpaired) electrons. The smallest absolute Gasteiger partial charge is 0.258 e. The maximum atomic E-state index is 13.8. The van der Waals surface area contributed by atoms with Gasteiger partial charge in [-0.3, -0.25) is 4.79 Å². The molecule has 1 aromatic rings. The minimum atomic E-state index is -2.86. The molecule has 0 bridgehead atoms. The van der Waals surface area contributed by atoms with Gasteiger partial charge < -0.3 is 21.5 Å². The number of fused-ring (bicyclic) bond motifs is 1. The summed E-state index contributed by atoms with van der Waals surface area (Å²) in [5, 5.41) is 17.4. The number of amides is 1. The van der Waals surface area contributed by atoms with E-state index in [4.69, 9.17) is 5.73 Å². The van der Waals surface area contributed by atoms with Gasteiger partial charge in [0.15, 0.2) is 5.60 Å². The number of piperidine rings is 1. The van der Waals surface area contributed by atoms with Crippen LogP contribution >= 0.6 is 0 Å². The van der Waals surface area contributed by atoms with Crippen LogP contribution in [0.4, 0.5) is 8.78 Å². The Bertz CT molecular complexity index is 701. The highest BCUT2D eigenvalue weighted by atomic mass is 19.3. The molecule has 5 atom stereocenters. The molecule has 0 aromatic heterocycles. The van der Waals surface area contributed by atoms with Crippen molar-refractivity contribution >= 4 is 5.91 Å². The quantitative estimate of drug-likeness (QED) is 0.593. The minimum Gasteiger partial charge on any atom is -0.375 e. The molecule has 1 aromatic carbocycles. The van der Waals surface area contributed by atoms with Crippen LogP contribution in [0, 0.1) is 17.3 Å². The van der Waals surface area contributed by atoms with Crippen LogP contribution in [-0.2, 0) is 10.4 Å². The molecule has 5 unspecified atom stereocenters. The number of carbonyl (C=O) groups excluding carboxylic acids is 1. The third-order valence-electron chi connectivity index (χ3n) is 6.58. The second-order valence-corrected chi connectivity index (χ2v) is 8.14. The summed E-state index contributed by atoms with van der Waals surface area (Å²) in [5.74, 6) is -3.95. The van der Waals surface area contributed by atoms with Crippen molar-refractivity contribution in [1.82, 2.24) is 10.6 Å². The molecule has 1 heterocycles. The number of nitrogens with two attached hydrogens (primary N) is 1. The van der Waals surface area contributed by atoms with Crippen molar-refractivity contribution in [1.29, 1.82) is 0 Å². The zero-order chi connectivity index (χ0) is 18.6. The molecular weight excluding hydrogens is 340 g/mol. The minimum absolute atomic E-state index is 0.0936. The lowest BCUT2D eigenvalue weighted by Gasteiger charge is -2.35. The van der Waals surface area contributed by atoms with E-state index >= 15 is 0 Å². The van der Waals surface area contributed by atoms with E-state index in [1.807, 2.05) is 0 Å². The molecule has 4 rings (SSSR count). The van der Waals surface area contributed by atoms with Crippen molar-refractivity contribution in [3.8, 4) is 0 Å². The van der Waals surface area contributed by atoms with Crippen molar-refractivity contribution in [2.75, 3.05) is 13.1 Å². The lowest BCUT2D eigenvalue weighted by molar-refractivity contribution is -0.150. The van der Waals surface area contributed by atoms with E-state index in [0.717, 1.165) is 19.5 Å². The van der Waals surface area contributed by atoms with Crippen LogP contribution in [0.2, 0.25) is 0 Å². The van der Waals surface area contributed by atoms with E-state index in [2.05, 4.69) is 10.6 Å². The third-order valence-corrected chi connectivity index (χ3v) is 6.58. The number of rotatable bonds is 5. The molecular formula is C19H25F2N3O2. The predicted molar refractivity (Wildman–Crippen MR) is 92.2 cm³/mol. The van der Waals surface area contributed by atoms with Gasteiger partial charge in [0.2, 0.25) is 5.92 Å². The molecule has 2 saturated carbocycles. The molecule has 5 nitrogen and oxygen atoms in total. The molecule has 3 fully saturated rings. The second kappa shape index (κ2) is 5.97. The summed E-state index contributed by atoms with van der Waals surface area (Å²) in [6, 6.07) is 8.36. The van der Waals surface area contributed by atoms with Gasteiger partial charge in [0.1, 0.15) is 0 Å². The van der Waals surface area contributed by atoms with Crippen molar-refractivity contribution in [2.24, 2.45) is 23.0 Å². The maximum Gasteiger partial charge on any atom is 0.258 e. The Hall–Kier alpha value is -1.57. The van der Waals surface area contributed by atoms with Gasteiger partial charge in [0.25, 0.3) is 5.91 Å². The Morgan fingerprint density at radius 1 is 1.35 bits per heavy atom. The van der Waals surface area contributed by atoms with Crippen molar-refractivity contribution in [3.63, 3.8) is 0 Å². The highest BCUT2D eigenvalue weighted by molar-refractivity contribution is 5.87. The molecule has 1 aliphatic heterocycles. The summed E-state index contributed by atoms with van der Waals surface area (Å²) >= 11 is 0. The third kappa shape index (κ3) is 2.73. The Kier molecular flexibility index (Phi) is 4.09. The fourth-order valence-electron chi connectivity index (χ4n) is 4.81. The SMILES string of the molecule is NC(NC(=O)C(O)(c1ccccc1)C1CCC(F)(F)C1)C12CNCC1C2. The summed E-state index contributed by atoms with van der Waals surface area (Å²) in [7, 11) is 0. The first-order valence-corrected chi connectivity index (χ1v) is 9.21. The number of halogens is 2. The first kappa shape index (κ1) is 17.8. The van der Waals surface area contributed by atoms with Gasteiger partial charge in [-0.2, -0.15) is 0 Å². The second-order valence-electron chi connectivity index (χ2n) is 8.14. The highest BCUT2D eigenvalue weighted by Gasteiger charge is 2.62. The summed E-state index contributed by atoms with van der Waals surface area (Å²) < 4.78 is 27.6. The van der Waals surface area contributed by atoms with E-state index in [9.17, 15) is 18.7 Å². The van der Waals surface area contributed by atoms with E-state index in [-0.39, 0.29) is 18.3 Å². The van der Waals surface area contributed by atoms with E-state index in [1.54, 1.807) is 30.3 Å². The largest absolute Gasteiger partial charge is 0.375 e. The molecule has 0 spiro atoms. The van der Waals surface area contributed by atoms with Crippen molar-refractivity contribution in [2.45, 2.75) is 43.4 Å². The zero-order valence-corrected chi connectivity index (χ0v) is 14.6. The summed E-state index contributed by atoms with van der Waals surface area (Å²) in [6.07, 6.45) is -0.395. The number of carbonyl (C=O) groups is 1. The summed E-state index contributed by atoms with van der Waals surface area (Å²) in [6.45, 7) is 1.60. The van der Waals surface area contributed by atoms with Gasteiger partial charge in [-0.1, -0.05) is 30.3 Å². The standard InChI is InChI=1S/C19H25F2N3O2/c20-18(21)7-6-13(9-18)19(26,12-4-2-1-3-5-12)16(25)24-15(22)17-8-14(17)10-23-11-17/h1-5,13-15,23,26H,6-11,22H2,(H,24,25). The van der Waals surface area contributed by atoms with Crippen LogP contribution in [-0.4, -0.2) is 36.2 Å². The van der Waals surface area contributed by atoms with Crippen LogP contribution in [0.5, 0.6) is 0 Å². The Balaban J connectivity index is 1.59. The number of hydrogen-bond donors (Lipinski definition) is 4. The first-order valence-electron chi connectivity index (χ1n) is 9.21. The normalized spacial score (nSPS) is 35.4. The van der Waals surface area contributed by atoms with Crippen molar-refractivity contribution in [3.05, 3.63) is 35.9 Å². The first-order chi connectivity index (χ1) is 12.3. The molecule has 1 saturated heterocycles. The topological polar surface area (TPSA) is 87.4 Å². The fourth-order valence-corrected chi connectivity index (χ4v) is 4.81. The zero-order valence-electron chi connectivity index (χ0n) is 14.6. The number of aliphatic hydroxyl groups is 1. The van der Waals surface area contributed by atoms with Crippen LogP contribution < -0.4 is 16.4 Å². The molecule has 142 valence electrons. The molecule has 2 aliphatic carbocycles. The average Bonchev–Trinajstić information content (AvgIpc) is 2.97. The van der Waals surface area contributed by atoms with Crippen LogP contribution in [0.3, 0.4) is 0 Å². The fraction of sp³-hybridized carbons (Fsp3) is 0.632. The van der Waals surface area contributed by atoms with Crippen LogP contribution in [0.15, 0.2) is 30.3 Å². The van der Waals surface area contributed by atoms with Gasteiger partial charge in [-0.25, -0.2) is 8.78 Å². The van der Waals surface area contributed by atoms with Gasteiger partial charge in [0.05, 0.1) is 6.17 Å². The monoisotopic (exact) mass is 365 g/mol. The maximum absolute atomic E-state index is 13.8. The highest BCUT2D eigenvalue weighted by Crippen LogP contribution is 2.56. The van der Waals surface area contributed by atoms with Gasteiger partial charge in [-0.05, 0) is 30.9 Å². The Labute approximate surface area is 151 Å². The predicted octanol–water partition coefficient (Wildman–Crippen LogP) is 1.32. The summed E-state index contributed by atoms with van der Waals surface area (Å²) in [4.78, 5) is 13.1. The molecule has 26 heavy (non-hydrogen) atoms. The Morgan fingerprint density at radius 2 is 2.08 bits per heavy atom. The number of hydrogen-bond acceptors (Lipinski definition) is 4. The van der Waals surface area contributed by atoms with Crippen LogP contribution in [0.25, 0.3) is 0 Å². The number of alkyl halides is 2. The summed E-state index contributed by atoms with van der Waals surface area (Å²) in [5.41, 5.74) is 4.40. The van der Waals surface area contributed by atoms with Gasteiger partial charge >= 0.3 is 0 Å². The number of nitrogens with one attached hydrogen (secondary N) is 2.